The summed E-state index contributed by atoms with van der Waals surface area (Å²) in [6.07, 6.45) is 1.38. The first-order chi connectivity index (χ1) is 15.3. The number of carbonyl (C=O) groups excluding carboxylic acids is 2. The van der Waals surface area contributed by atoms with Gasteiger partial charge in [0.05, 0.1) is 12.8 Å². The summed E-state index contributed by atoms with van der Waals surface area (Å²) in [5, 5.41) is 8.01. The molecular formula is C24H27N3O5. The molecule has 0 aliphatic heterocycles. The van der Waals surface area contributed by atoms with Crippen molar-refractivity contribution in [3.63, 3.8) is 0 Å². The van der Waals surface area contributed by atoms with Crippen LogP contribution in [0.15, 0.2) is 58.9 Å². The van der Waals surface area contributed by atoms with Gasteiger partial charge in [0.1, 0.15) is 13.7 Å². The molecule has 0 saturated carbocycles. The molecule has 0 bridgehead atoms. The molecule has 0 spiro atoms. The number of ketones is 1. The summed E-state index contributed by atoms with van der Waals surface area (Å²) in [7, 11) is 2.64. The lowest BCUT2D eigenvalue weighted by Crippen LogP contribution is -2.20. The molecule has 0 aromatic heterocycles. The number of methoxy groups -OCH3 is 1. The fraction of sp³-hybridized carbons (Fsp3) is 0.250. The molecular weight excluding hydrogens is 410 g/mol. The van der Waals surface area contributed by atoms with E-state index in [1.807, 2.05) is 50.2 Å². The van der Waals surface area contributed by atoms with E-state index in [1.165, 1.54) is 27.2 Å². The Morgan fingerprint density at radius 2 is 1.66 bits per heavy atom. The van der Waals surface area contributed by atoms with Crippen LogP contribution in [0, 0.1) is 6.92 Å². The number of hydrogen-bond donors (Lipinski definition) is 1. The molecule has 168 valence electrons. The van der Waals surface area contributed by atoms with Gasteiger partial charge in [0.15, 0.2) is 11.5 Å². The van der Waals surface area contributed by atoms with E-state index < -0.39 is 5.97 Å². The number of hydrogen-bond acceptors (Lipinski definition) is 8. The molecule has 2 N–H and O–H groups in total. The molecule has 0 amide bonds. The van der Waals surface area contributed by atoms with Gasteiger partial charge in [-0.15, -0.1) is 0 Å². The Hall–Kier alpha value is -3.94. The first-order valence-electron chi connectivity index (χ1n) is 9.81. The fourth-order valence-corrected chi connectivity index (χ4v) is 2.95. The van der Waals surface area contributed by atoms with Gasteiger partial charge in [-0.1, -0.05) is 52.8 Å². The molecule has 0 aliphatic rings. The number of nitrogens with zero attached hydrogens (tertiary/aromatic N) is 2. The van der Waals surface area contributed by atoms with Gasteiger partial charge in [-0.3, -0.25) is 4.79 Å². The standard InChI is InChI=1S/C24H27N3O5/c1-15-7-6-8-20(23(27-31-5)24(29)30-4)21(15)14-32-26-17(3)18-9-11-19(12-10-18)22(25)13-16(2)28/h6-13H,14,25H2,1-5H3/b22-13?,26-17+,27-23+. The van der Waals surface area contributed by atoms with Crippen molar-refractivity contribution in [1.29, 1.82) is 0 Å². The quantitative estimate of drug-likeness (QED) is 0.279. The van der Waals surface area contributed by atoms with Crippen molar-refractivity contribution in [2.75, 3.05) is 14.2 Å². The third-order valence-electron chi connectivity index (χ3n) is 4.63. The second-order valence-corrected chi connectivity index (χ2v) is 6.95. The minimum Gasteiger partial charge on any atom is -0.464 e. The molecule has 32 heavy (non-hydrogen) atoms. The Morgan fingerprint density at radius 3 is 2.25 bits per heavy atom. The Kier molecular flexibility index (Phi) is 8.71. The van der Waals surface area contributed by atoms with Crippen molar-refractivity contribution in [1.82, 2.24) is 0 Å². The maximum atomic E-state index is 12.1. The number of carbonyl (C=O) groups is 2. The van der Waals surface area contributed by atoms with Crippen molar-refractivity contribution >= 4 is 28.9 Å². The summed E-state index contributed by atoms with van der Waals surface area (Å²) in [5.74, 6) is -0.726. The number of nitrogens with two attached hydrogens (primary N) is 1. The third kappa shape index (κ3) is 6.28. The Balaban J connectivity index is 2.22. The van der Waals surface area contributed by atoms with Gasteiger partial charge >= 0.3 is 5.97 Å². The Bertz CT molecular complexity index is 1070. The molecule has 0 fully saturated rings. The lowest BCUT2D eigenvalue weighted by Gasteiger charge is -2.12. The van der Waals surface area contributed by atoms with E-state index in [4.69, 9.17) is 20.1 Å². The van der Waals surface area contributed by atoms with E-state index in [-0.39, 0.29) is 18.1 Å². The monoisotopic (exact) mass is 437 g/mol. The molecule has 0 unspecified atom stereocenters. The maximum absolute atomic E-state index is 12.1. The van der Waals surface area contributed by atoms with Crippen LogP contribution in [-0.2, 0) is 30.6 Å². The normalized spacial score (nSPS) is 12.3. The first-order valence-corrected chi connectivity index (χ1v) is 9.81. The van der Waals surface area contributed by atoms with Crippen molar-refractivity contribution in [2.45, 2.75) is 27.4 Å². The van der Waals surface area contributed by atoms with Crippen molar-refractivity contribution in [3.05, 3.63) is 76.4 Å². The van der Waals surface area contributed by atoms with Crippen LogP contribution in [0.2, 0.25) is 0 Å². The predicted octanol–water partition coefficient (Wildman–Crippen LogP) is 3.35. The highest BCUT2D eigenvalue weighted by molar-refractivity contribution is 6.43. The van der Waals surface area contributed by atoms with E-state index in [1.54, 1.807) is 6.07 Å². The van der Waals surface area contributed by atoms with Gasteiger partial charge in [-0.05, 0) is 37.5 Å². The van der Waals surface area contributed by atoms with Gasteiger partial charge in [0.2, 0.25) is 0 Å². The largest absolute Gasteiger partial charge is 0.464 e. The molecule has 2 aromatic carbocycles. The summed E-state index contributed by atoms with van der Waals surface area (Å²) in [6.45, 7) is 5.28. The molecule has 0 saturated heterocycles. The van der Waals surface area contributed by atoms with Crippen LogP contribution in [0.1, 0.15) is 41.7 Å². The fourth-order valence-electron chi connectivity index (χ4n) is 2.95. The van der Waals surface area contributed by atoms with Crippen LogP contribution < -0.4 is 5.73 Å². The second-order valence-electron chi connectivity index (χ2n) is 6.95. The number of aryl methyl sites for hydroxylation is 1. The summed E-state index contributed by atoms with van der Waals surface area (Å²) in [4.78, 5) is 33.7. The van der Waals surface area contributed by atoms with Crippen LogP contribution in [0.3, 0.4) is 0 Å². The van der Waals surface area contributed by atoms with E-state index >= 15 is 0 Å². The average molecular weight is 437 g/mol. The summed E-state index contributed by atoms with van der Waals surface area (Å²) in [6, 6.07) is 12.8. The highest BCUT2D eigenvalue weighted by atomic mass is 16.6. The van der Waals surface area contributed by atoms with Crippen LogP contribution in [0.4, 0.5) is 0 Å². The van der Waals surface area contributed by atoms with E-state index in [9.17, 15) is 9.59 Å². The smallest absolute Gasteiger partial charge is 0.360 e. The van der Waals surface area contributed by atoms with Gasteiger partial charge in [-0.25, -0.2) is 4.79 Å². The molecule has 0 radical (unpaired) electrons. The second kappa shape index (κ2) is 11.5. The van der Waals surface area contributed by atoms with E-state index in [2.05, 4.69) is 10.3 Å². The molecule has 2 rings (SSSR count). The first kappa shape index (κ1) is 24.3. The minimum absolute atomic E-state index is 0.0461. The van der Waals surface area contributed by atoms with Crippen LogP contribution in [-0.4, -0.2) is 37.4 Å². The zero-order valence-corrected chi connectivity index (χ0v) is 18.8. The molecule has 8 nitrogen and oxygen atoms in total. The Labute approximate surface area is 187 Å². The average Bonchev–Trinajstić information content (AvgIpc) is 2.77. The maximum Gasteiger partial charge on any atom is 0.360 e. The third-order valence-corrected chi connectivity index (χ3v) is 4.63. The van der Waals surface area contributed by atoms with E-state index in [0.29, 0.717) is 17.0 Å². The van der Waals surface area contributed by atoms with Crippen molar-refractivity contribution in [3.8, 4) is 0 Å². The lowest BCUT2D eigenvalue weighted by atomic mass is 9.99. The highest BCUT2D eigenvalue weighted by Crippen LogP contribution is 2.18. The van der Waals surface area contributed by atoms with E-state index in [0.717, 1.165) is 22.3 Å². The van der Waals surface area contributed by atoms with Crippen LogP contribution in [0.5, 0.6) is 0 Å². The van der Waals surface area contributed by atoms with Crippen molar-refractivity contribution in [2.24, 2.45) is 16.0 Å². The zero-order valence-electron chi connectivity index (χ0n) is 18.8. The SMILES string of the molecule is CO/N=C(/C(=O)OC)c1cccc(C)c1CO/N=C(\C)c1ccc(C(N)=CC(C)=O)cc1. The summed E-state index contributed by atoms with van der Waals surface area (Å²) < 4.78 is 4.81. The number of oxime groups is 2. The van der Waals surface area contributed by atoms with Gasteiger partial charge < -0.3 is 20.1 Å². The number of ether oxygens (including phenoxy) is 1. The predicted molar refractivity (Wildman–Crippen MR) is 123 cm³/mol. The Morgan fingerprint density at radius 1 is 1.00 bits per heavy atom. The topological polar surface area (TPSA) is 113 Å². The molecule has 8 heteroatoms. The summed E-state index contributed by atoms with van der Waals surface area (Å²) >= 11 is 0. The number of esters is 1. The molecule has 0 atom stereocenters. The van der Waals surface area contributed by atoms with Crippen LogP contribution in [0.25, 0.3) is 5.70 Å². The number of allylic oxidation sites excluding steroid dienone is 1. The van der Waals surface area contributed by atoms with Crippen molar-refractivity contribution < 1.29 is 24.0 Å². The highest BCUT2D eigenvalue weighted by Gasteiger charge is 2.20. The lowest BCUT2D eigenvalue weighted by molar-refractivity contribution is -0.132. The number of benzene rings is 2. The number of rotatable bonds is 9. The van der Waals surface area contributed by atoms with Gasteiger partial charge in [0.25, 0.3) is 0 Å². The molecule has 2 aromatic rings. The summed E-state index contributed by atoms with van der Waals surface area (Å²) in [5.41, 5.74) is 10.8. The van der Waals surface area contributed by atoms with Crippen LogP contribution >= 0.6 is 0 Å². The minimum atomic E-state index is -0.614. The van der Waals surface area contributed by atoms with Gasteiger partial charge in [0, 0.05) is 22.9 Å². The molecule has 0 heterocycles. The van der Waals surface area contributed by atoms with Gasteiger partial charge in [-0.2, -0.15) is 0 Å². The molecule has 0 aliphatic carbocycles. The zero-order chi connectivity index (χ0) is 23.7.